The second-order valence-electron chi connectivity index (χ2n) is 3.26. The molecule has 88 valence electrons. The summed E-state index contributed by atoms with van der Waals surface area (Å²) in [5, 5.41) is 2.93. The quantitative estimate of drug-likeness (QED) is 0.490. The lowest BCUT2D eigenvalue weighted by atomic mass is 10.4. The van der Waals surface area contributed by atoms with Crippen molar-refractivity contribution in [1.29, 1.82) is 0 Å². The van der Waals surface area contributed by atoms with Crippen LogP contribution in [-0.2, 0) is 6.54 Å². The Bertz CT molecular complexity index is 384. The molecule has 6 nitrogen and oxygen atoms in total. The molecule has 0 saturated heterocycles. The van der Waals surface area contributed by atoms with Crippen LogP contribution >= 0.6 is 0 Å². The Morgan fingerprint density at radius 2 is 2.25 bits per heavy atom. The van der Waals surface area contributed by atoms with Gasteiger partial charge in [-0.3, -0.25) is 4.79 Å². The molecule has 0 aliphatic rings. The van der Waals surface area contributed by atoms with E-state index in [-0.39, 0.29) is 12.3 Å². The van der Waals surface area contributed by atoms with Gasteiger partial charge >= 0.3 is 0 Å². The van der Waals surface area contributed by atoms with Crippen LogP contribution in [0.3, 0.4) is 0 Å². The number of hydrogen-bond donors (Lipinski definition) is 3. The zero-order valence-electron chi connectivity index (χ0n) is 9.19. The van der Waals surface area contributed by atoms with Gasteiger partial charge in [0.1, 0.15) is 12.3 Å². The molecular formula is C10H16N4O2. The number of hydrogen-bond acceptors (Lipinski definition) is 3. The van der Waals surface area contributed by atoms with Gasteiger partial charge in [-0.15, -0.1) is 0 Å². The first kappa shape index (κ1) is 12.1. The molecule has 0 aromatic carbocycles. The van der Waals surface area contributed by atoms with Crippen LogP contribution in [0.2, 0.25) is 0 Å². The first-order valence-electron chi connectivity index (χ1n) is 5.05. The second-order valence-corrected chi connectivity index (χ2v) is 3.26. The van der Waals surface area contributed by atoms with Gasteiger partial charge in [0.2, 0.25) is 0 Å². The number of guanidine groups is 1. The van der Waals surface area contributed by atoms with Crippen LogP contribution in [0, 0.1) is 0 Å². The molecule has 0 atom stereocenters. The Kier molecular flexibility index (Phi) is 4.38. The topological polar surface area (TPSA) is 107 Å². The molecule has 0 saturated carbocycles. The highest BCUT2D eigenvalue weighted by Crippen LogP contribution is 2.07. The van der Waals surface area contributed by atoms with Gasteiger partial charge in [-0.1, -0.05) is 6.92 Å². The van der Waals surface area contributed by atoms with Crippen molar-refractivity contribution in [3.63, 3.8) is 0 Å². The predicted octanol–water partition coefficient (Wildman–Crippen LogP) is 0.193. The van der Waals surface area contributed by atoms with Crippen LogP contribution in [0.1, 0.15) is 29.7 Å². The molecule has 1 amide bonds. The highest BCUT2D eigenvalue weighted by Gasteiger charge is 2.06. The molecule has 0 aliphatic heterocycles. The molecule has 0 radical (unpaired) electrons. The molecule has 0 fully saturated rings. The minimum Gasteiger partial charge on any atom is -0.454 e. The summed E-state index contributed by atoms with van der Waals surface area (Å²) < 4.78 is 5.13. The van der Waals surface area contributed by atoms with Crippen LogP contribution in [0.25, 0.3) is 0 Å². The van der Waals surface area contributed by atoms with Crippen molar-refractivity contribution in [3.8, 4) is 0 Å². The van der Waals surface area contributed by atoms with Crippen molar-refractivity contribution in [2.45, 2.75) is 19.9 Å². The van der Waals surface area contributed by atoms with E-state index >= 15 is 0 Å². The Hall–Kier alpha value is -1.98. The van der Waals surface area contributed by atoms with E-state index in [1.54, 1.807) is 6.07 Å². The van der Waals surface area contributed by atoms with E-state index in [1.807, 2.05) is 6.92 Å². The summed E-state index contributed by atoms with van der Waals surface area (Å²) in [6, 6.07) is 3.17. The minimum atomic E-state index is -0.590. The molecule has 16 heavy (non-hydrogen) atoms. The summed E-state index contributed by atoms with van der Waals surface area (Å²) in [5.74, 6) is 0.450. The van der Waals surface area contributed by atoms with E-state index in [9.17, 15) is 4.79 Å². The van der Waals surface area contributed by atoms with Gasteiger partial charge < -0.3 is 21.2 Å². The molecule has 1 rings (SSSR count). The molecule has 0 spiro atoms. The zero-order valence-corrected chi connectivity index (χ0v) is 9.19. The highest BCUT2D eigenvalue weighted by atomic mass is 16.3. The number of aliphatic imine (C=N–C) groups is 1. The lowest BCUT2D eigenvalue weighted by Crippen LogP contribution is -2.32. The third kappa shape index (κ3) is 3.64. The minimum absolute atomic E-state index is 0.130. The third-order valence-electron chi connectivity index (χ3n) is 1.87. The summed E-state index contributed by atoms with van der Waals surface area (Å²) in [6.07, 6.45) is 0.975. The first-order valence-corrected chi connectivity index (χ1v) is 5.05. The van der Waals surface area contributed by atoms with E-state index in [0.717, 1.165) is 13.0 Å². The van der Waals surface area contributed by atoms with Crippen LogP contribution in [0.15, 0.2) is 21.5 Å². The maximum absolute atomic E-state index is 10.7. The summed E-state index contributed by atoms with van der Waals surface area (Å²) in [4.78, 5) is 14.8. The van der Waals surface area contributed by atoms with Crippen molar-refractivity contribution >= 4 is 11.9 Å². The lowest BCUT2D eigenvalue weighted by Gasteiger charge is -2.01. The summed E-state index contributed by atoms with van der Waals surface area (Å²) in [5.41, 5.74) is 10.6. The number of nitrogens with two attached hydrogens (primary N) is 2. The molecule has 1 aromatic rings. The van der Waals surface area contributed by atoms with Gasteiger partial charge in [0.25, 0.3) is 5.91 Å². The molecule has 1 aromatic heterocycles. The van der Waals surface area contributed by atoms with E-state index in [2.05, 4.69) is 10.3 Å². The maximum Gasteiger partial charge on any atom is 0.284 e. The van der Waals surface area contributed by atoms with E-state index in [4.69, 9.17) is 15.9 Å². The summed E-state index contributed by atoms with van der Waals surface area (Å²) >= 11 is 0. The van der Waals surface area contributed by atoms with Crippen LogP contribution < -0.4 is 16.8 Å². The van der Waals surface area contributed by atoms with Gasteiger partial charge in [-0.25, -0.2) is 4.99 Å². The van der Waals surface area contributed by atoms with Crippen LogP contribution in [0.4, 0.5) is 0 Å². The second kappa shape index (κ2) is 5.79. The maximum atomic E-state index is 10.7. The van der Waals surface area contributed by atoms with Crippen molar-refractivity contribution < 1.29 is 9.21 Å². The number of carbonyl (C=O) groups is 1. The van der Waals surface area contributed by atoms with Crippen molar-refractivity contribution in [2.24, 2.45) is 16.5 Å². The van der Waals surface area contributed by atoms with E-state index in [0.29, 0.717) is 11.7 Å². The molecular weight excluding hydrogens is 208 g/mol. The molecule has 0 bridgehead atoms. The van der Waals surface area contributed by atoms with Gasteiger partial charge in [0.15, 0.2) is 11.7 Å². The normalized spacial score (nSPS) is 11.4. The van der Waals surface area contributed by atoms with Gasteiger partial charge in [-0.2, -0.15) is 0 Å². The average Bonchev–Trinajstić information content (AvgIpc) is 2.72. The first-order chi connectivity index (χ1) is 7.63. The van der Waals surface area contributed by atoms with Crippen LogP contribution in [-0.4, -0.2) is 18.4 Å². The SMILES string of the molecule is CCCNC(N)=NCc1ccc(C(N)=O)o1. The molecule has 0 unspecified atom stereocenters. The Balaban J connectivity index is 2.50. The predicted molar refractivity (Wildman–Crippen MR) is 60.8 cm³/mol. The zero-order chi connectivity index (χ0) is 12.0. The Morgan fingerprint density at radius 1 is 1.50 bits per heavy atom. The average molecular weight is 224 g/mol. The van der Waals surface area contributed by atoms with Gasteiger partial charge in [0, 0.05) is 6.54 Å². The number of carbonyl (C=O) groups excluding carboxylic acids is 1. The molecule has 1 heterocycles. The number of nitrogens with zero attached hydrogens (tertiary/aromatic N) is 1. The number of rotatable bonds is 5. The van der Waals surface area contributed by atoms with Gasteiger partial charge in [-0.05, 0) is 18.6 Å². The van der Waals surface area contributed by atoms with Gasteiger partial charge in [0.05, 0.1) is 0 Å². The highest BCUT2D eigenvalue weighted by molar-refractivity contribution is 5.89. The fraction of sp³-hybridized carbons (Fsp3) is 0.400. The Morgan fingerprint density at radius 3 is 2.81 bits per heavy atom. The van der Waals surface area contributed by atoms with Crippen molar-refractivity contribution in [3.05, 3.63) is 23.7 Å². The van der Waals surface area contributed by atoms with E-state index < -0.39 is 5.91 Å². The summed E-state index contributed by atoms with van der Waals surface area (Å²) in [6.45, 7) is 3.10. The Labute approximate surface area is 93.7 Å². The number of nitrogens with one attached hydrogen (secondary N) is 1. The number of amides is 1. The lowest BCUT2D eigenvalue weighted by molar-refractivity contribution is 0.0972. The fourth-order valence-corrected chi connectivity index (χ4v) is 1.07. The molecule has 0 aliphatic carbocycles. The smallest absolute Gasteiger partial charge is 0.284 e. The fourth-order valence-electron chi connectivity index (χ4n) is 1.07. The standard InChI is InChI=1S/C10H16N4O2/c1-2-5-13-10(12)14-6-7-3-4-8(16-7)9(11)15/h3-4H,2,5-6H2,1H3,(H2,11,15)(H3,12,13,14). The molecule has 6 heteroatoms. The van der Waals surface area contributed by atoms with Crippen molar-refractivity contribution in [2.75, 3.05) is 6.54 Å². The van der Waals surface area contributed by atoms with Crippen LogP contribution in [0.5, 0.6) is 0 Å². The van der Waals surface area contributed by atoms with E-state index in [1.165, 1.54) is 6.07 Å². The number of primary amides is 1. The number of furan rings is 1. The molecule has 5 N–H and O–H groups in total. The van der Waals surface area contributed by atoms with Crippen molar-refractivity contribution in [1.82, 2.24) is 5.32 Å². The third-order valence-corrected chi connectivity index (χ3v) is 1.87. The largest absolute Gasteiger partial charge is 0.454 e. The summed E-state index contributed by atoms with van der Waals surface area (Å²) in [7, 11) is 0. The monoisotopic (exact) mass is 224 g/mol.